The lowest BCUT2D eigenvalue weighted by Gasteiger charge is -2.33. The van der Waals surface area contributed by atoms with Gasteiger partial charge in [-0.2, -0.15) is 0 Å². The third-order valence-corrected chi connectivity index (χ3v) is 8.08. The quantitative estimate of drug-likeness (QED) is 0.551. The molecule has 0 radical (unpaired) electrons. The molecule has 0 aliphatic rings. The molecule has 0 bridgehead atoms. The van der Waals surface area contributed by atoms with Crippen molar-refractivity contribution in [1.82, 2.24) is 0 Å². The van der Waals surface area contributed by atoms with Crippen LogP contribution in [0.1, 0.15) is 0 Å². The lowest BCUT2D eigenvalue weighted by Crippen LogP contribution is -2.50. The summed E-state index contributed by atoms with van der Waals surface area (Å²) in [5.41, 5.74) is 0. The molecule has 0 aromatic heterocycles. The fourth-order valence-corrected chi connectivity index (χ4v) is 9.35. The van der Waals surface area contributed by atoms with Gasteiger partial charge in [0.2, 0.25) is 0 Å². The molecule has 0 N–H and O–H groups in total. The minimum absolute atomic E-state index is 0.771. The summed E-state index contributed by atoms with van der Waals surface area (Å²) in [5, 5.41) is 0. The second-order valence-electron chi connectivity index (χ2n) is 4.90. The topological polar surface area (TPSA) is 27.7 Å². The Morgan fingerprint density at radius 3 is 1.40 bits per heavy atom. The fourth-order valence-electron chi connectivity index (χ4n) is 1.50. The fraction of sp³-hybridized carbons (Fsp3) is 1.00. The molecule has 0 amide bonds. The maximum absolute atomic E-state index is 6.26. The van der Waals surface area contributed by atoms with Crippen molar-refractivity contribution in [2.24, 2.45) is 0 Å². The molecule has 7 heteroatoms. The van der Waals surface area contributed by atoms with Crippen LogP contribution in [0.15, 0.2) is 0 Å². The molecule has 0 aliphatic carbocycles. The van der Waals surface area contributed by atoms with Gasteiger partial charge >= 0.3 is 0 Å². The zero-order valence-corrected chi connectivity index (χ0v) is 13.1. The summed E-state index contributed by atoms with van der Waals surface area (Å²) >= 11 is 0. The lowest BCUT2D eigenvalue weighted by atomic mass is 10.2. The SMILES string of the molecule is BCOC[Si](C)(C)O[Si](C)(C)COCB. The van der Waals surface area contributed by atoms with Gasteiger partial charge in [-0.3, -0.25) is 0 Å². The van der Waals surface area contributed by atoms with Crippen LogP contribution in [-0.2, 0) is 13.6 Å². The van der Waals surface area contributed by atoms with Crippen molar-refractivity contribution < 1.29 is 13.6 Å². The van der Waals surface area contributed by atoms with Gasteiger partial charge in [0.1, 0.15) is 15.7 Å². The Balaban J connectivity index is 4.04. The Labute approximate surface area is 97.9 Å². The van der Waals surface area contributed by atoms with Crippen molar-refractivity contribution in [3.63, 3.8) is 0 Å². The summed E-state index contributed by atoms with van der Waals surface area (Å²) in [6.07, 6.45) is 1.57. The van der Waals surface area contributed by atoms with Crippen molar-refractivity contribution in [3.05, 3.63) is 0 Å². The van der Waals surface area contributed by atoms with Gasteiger partial charge in [0, 0.05) is 13.0 Å². The summed E-state index contributed by atoms with van der Waals surface area (Å²) in [5.74, 6) is 0. The first-order valence-electron chi connectivity index (χ1n) is 5.68. The van der Waals surface area contributed by atoms with Gasteiger partial charge in [-0.25, -0.2) is 0 Å². The number of rotatable bonds is 8. The monoisotopic (exact) mass is 246 g/mol. The normalized spacial score (nSPS) is 13.1. The highest BCUT2D eigenvalue weighted by molar-refractivity contribution is 6.84. The van der Waals surface area contributed by atoms with Crippen molar-refractivity contribution in [2.45, 2.75) is 26.2 Å². The van der Waals surface area contributed by atoms with Crippen molar-refractivity contribution in [2.75, 3.05) is 25.5 Å². The van der Waals surface area contributed by atoms with Gasteiger partial charge in [0.25, 0.3) is 0 Å². The van der Waals surface area contributed by atoms with E-state index >= 15 is 0 Å². The zero-order valence-electron chi connectivity index (χ0n) is 11.1. The van der Waals surface area contributed by atoms with Crippen molar-refractivity contribution in [1.29, 1.82) is 0 Å². The predicted octanol–water partition coefficient (Wildman–Crippen LogP) is -0.294. The van der Waals surface area contributed by atoms with Gasteiger partial charge < -0.3 is 13.6 Å². The van der Waals surface area contributed by atoms with Gasteiger partial charge in [-0.05, 0) is 26.2 Å². The van der Waals surface area contributed by atoms with E-state index in [-0.39, 0.29) is 0 Å². The van der Waals surface area contributed by atoms with Crippen LogP contribution >= 0.6 is 0 Å². The molecule has 88 valence electrons. The molecule has 3 nitrogen and oxygen atoms in total. The van der Waals surface area contributed by atoms with E-state index in [1.807, 2.05) is 15.7 Å². The summed E-state index contributed by atoms with van der Waals surface area (Å²) in [6.45, 7) is 10.4. The van der Waals surface area contributed by atoms with Crippen LogP contribution in [0.4, 0.5) is 0 Å². The average molecular weight is 246 g/mol. The highest BCUT2D eigenvalue weighted by Gasteiger charge is 2.33. The molecule has 0 saturated heterocycles. The van der Waals surface area contributed by atoms with Crippen LogP contribution in [0, 0.1) is 0 Å². The largest absolute Gasteiger partial charge is 0.453 e. The predicted molar refractivity (Wildman–Crippen MR) is 74.8 cm³/mol. The Morgan fingerprint density at radius 1 is 0.800 bits per heavy atom. The first-order valence-corrected chi connectivity index (χ1v) is 11.9. The molecule has 0 atom stereocenters. The maximum Gasteiger partial charge on any atom is 0.199 e. The van der Waals surface area contributed by atoms with Gasteiger partial charge in [-0.15, -0.1) is 0 Å². The van der Waals surface area contributed by atoms with E-state index < -0.39 is 16.6 Å². The van der Waals surface area contributed by atoms with Gasteiger partial charge in [0.15, 0.2) is 16.6 Å². The number of hydrogen-bond donors (Lipinski definition) is 0. The summed E-state index contributed by atoms with van der Waals surface area (Å²) in [4.78, 5) is 0. The molecule has 0 spiro atoms. The van der Waals surface area contributed by atoms with Crippen LogP contribution < -0.4 is 0 Å². The first-order chi connectivity index (χ1) is 6.83. The summed E-state index contributed by atoms with van der Waals surface area (Å²) in [6, 6.07) is 0. The Bertz CT molecular complexity index is 161. The number of ether oxygens (including phenoxy) is 2. The molecule has 0 aromatic rings. The smallest absolute Gasteiger partial charge is 0.199 e. The van der Waals surface area contributed by atoms with Crippen molar-refractivity contribution >= 4 is 32.3 Å². The van der Waals surface area contributed by atoms with Crippen molar-refractivity contribution in [3.8, 4) is 0 Å². The van der Waals surface area contributed by atoms with Gasteiger partial charge in [-0.1, -0.05) is 0 Å². The van der Waals surface area contributed by atoms with Crippen LogP contribution in [0.25, 0.3) is 0 Å². The lowest BCUT2D eigenvalue weighted by molar-refractivity contribution is 0.200. The van der Waals surface area contributed by atoms with E-state index in [4.69, 9.17) is 13.6 Å². The molecule has 0 saturated carbocycles. The van der Waals surface area contributed by atoms with Crippen LogP contribution in [0.3, 0.4) is 0 Å². The molecule has 0 rings (SSSR count). The molecular formula is C8H24B2O3Si2. The Kier molecular flexibility index (Phi) is 7.11. The molecule has 0 heterocycles. The minimum Gasteiger partial charge on any atom is -0.453 e. The average Bonchev–Trinajstić information content (AvgIpc) is 2.10. The highest BCUT2D eigenvalue weighted by Crippen LogP contribution is 2.15. The second kappa shape index (κ2) is 6.90. The molecule has 15 heavy (non-hydrogen) atoms. The third kappa shape index (κ3) is 8.27. The van der Waals surface area contributed by atoms with E-state index in [2.05, 4.69) is 26.2 Å². The van der Waals surface area contributed by atoms with E-state index in [0.717, 1.165) is 25.5 Å². The minimum atomic E-state index is -1.65. The van der Waals surface area contributed by atoms with E-state index in [1.54, 1.807) is 0 Å². The molecule has 0 aliphatic heterocycles. The Hall–Kier alpha value is 0.444. The molecule has 0 fully saturated rings. The van der Waals surface area contributed by atoms with Gasteiger partial charge in [0.05, 0.1) is 12.5 Å². The first kappa shape index (κ1) is 15.4. The zero-order chi connectivity index (χ0) is 11.9. The second-order valence-corrected chi connectivity index (χ2v) is 13.3. The molecular weight excluding hydrogens is 222 g/mol. The maximum atomic E-state index is 6.26. The van der Waals surface area contributed by atoms with Crippen LogP contribution in [0.2, 0.25) is 26.2 Å². The molecule has 0 aromatic carbocycles. The van der Waals surface area contributed by atoms with E-state index in [1.165, 1.54) is 0 Å². The standard InChI is InChI=1S/C8H24B2O3Si2/c1-14(2,7-11-5-9)13-15(3,4)8-12-6-10/h5-10H2,1-4H3. The molecule has 0 unspecified atom stereocenters. The summed E-state index contributed by atoms with van der Waals surface area (Å²) in [7, 11) is 0.742. The van der Waals surface area contributed by atoms with Crippen LogP contribution in [0.5, 0.6) is 0 Å². The van der Waals surface area contributed by atoms with Crippen LogP contribution in [-0.4, -0.2) is 57.8 Å². The Morgan fingerprint density at radius 2 is 1.13 bits per heavy atom. The summed E-state index contributed by atoms with van der Waals surface area (Å²) < 4.78 is 17.2. The number of hydrogen-bond acceptors (Lipinski definition) is 3. The van der Waals surface area contributed by atoms with E-state index in [0.29, 0.717) is 0 Å². The third-order valence-electron chi connectivity index (χ3n) is 1.86. The van der Waals surface area contributed by atoms with E-state index in [9.17, 15) is 0 Å². The highest BCUT2D eigenvalue weighted by atomic mass is 28.4.